The van der Waals surface area contributed by atoms with Crippen molar-refractivity contribution in [2.75, 3.05) is 17.7 Å². The molecule has 30 heavy (non-hydrogen) atoms. The molecule has 0 aliphatic carbocycles. The lowest BCUT2D eigenvalue weighted by Gasteiger charge is -2.11. The largest absolute Gasteiger partial charge is 0.377 e. The molecule has 1 aromatic carbocycles. The SMILES string of the molecule is Cc1nc(NC(=O)c2ccccc2SCC2CCCO2)sc1-c1nccn1C(F)F. The predicted molar refractivity (Wildman–Crippen MR) is 113 cm³/mol. The molecule has 4 rings (SSSR count). The molecule has 2 aromatic heterocycles. The maximum atomic E-state index is 13.2. The van der Waals surface area contributed by atoms with Gasteiger partial charge in [0.15, 0.2) is 11.0 Å². The summed E-state index contributed by atoms with van der Waals surface area (Å²) in [4.78, 5) is 22.6. The van der Waals surface area contributed by atoms with Gasteiger partial charge in [-0.3, -0.25) is 14.7 Å². The molecule has 158 valence electrons. The zero-order chi connectivity index (χ0) is 21.1. The third-order valence-corrected chi connectivity index (χ3v) is 6.95. The van der Waals surface area contributed by atoms with Crippen LogP contribution in [0.1, 0.15) is 35.4 Å². The molecule has 1 aliphatic heterocycles. The second-order valence-electron chi connectivity index (χ2n) is 6.77. The lowest BCUT2D eigenvalue weighted by Crippen LogP contribution is -2.14. The zero-order valence-electron chi connectivity index (χ0n) is 16.2. The summed E-state index contributed by atoms with van der Waals surface area (Å²) < 4.78 is 32.8. The maximum absolute atomic E-state index is 13.2. The third kappa shape index (κ3) is 4.55. The van der Waals surface area contributed by atoms with Gasteiger partial charge in [0.25, 0.3) is 5.91 Å². The Kier molecular flexibility index (Phi) is 6.45. The smallest absolute Gasteiger partial charge is 0.320 e. The number of hydrogen-bond donors (Lipinski definition) is 1. The number of imidazole rings is 1. The number of nitrogens with zero attached hydrogens (tertiary/aromatic N) is 3. The summed E-state index contributed by atoms with van der Waals surface area (Å²) in [5.74, 6) is 0.636. The van der Waals surface area contributed by atoms with Crippen molar-refractivity contribution in [2.45, 2.75) is 37.3 Å². The first kappa shape index (κ1) is 21.0. The van der Waals surface area contributed by atoms with E-state index in [1.165, 1.54) is 12.4 Å². The van der Waals surface area contributed by atoms with Gasteiger partial charge in [0, 0.05) is 29.6 Å². The number of benzene rings is 1. The number of nitrogens with one attached hydrogen (secondary N) is 1. The molecule has 1 atom stereocenters. The highest BCUT2D eigenvalue weighted by molar-refractivity contribution is 7.99. The molecule has 1 saturated heterocycles. The van der Waals surface area contributed by atoms with Gasteiger partial charge >= 0.3 is 6.55 Å². The van der Waals surface area contributed by atoms with Crippen molar-refractivity contribution in [1.82, 2.24) is 14.5 Å². The highest BCUT2D eigenvalue weighted by Crippen LogP contribution is 2.34. The number of carbonyl (C=O) groups is 1. The van der Waals surface area contributed by atoms with E-state index < -0.39 is 6.55 Å². The summed E-state index contributed by atoms with van der Waals surface area (Å²) in [5.41, 5.74) is 1.08. The van der Waals surface area contributed by atoms with Gasteiger partial charge in [-0.15, -0.1) is 11.8 Å². The minimum Gasteiger partial charge on any atom is -0.377 e. The quantitative estimate of drug-likeness (QED) is 0.499. The van der Waals surface area contributed by atoms with Crippen LogP contribution >= 0.6 is 23.1 Å². The highest BCUT2D eigenvalue weighted by atomic mass is 32.2. The Balaban J connectivity index is 1.50. The molecule has 3 aromatic rings. The minimum atomic E-state index is -2.70. The van der Waals surface area contributed by atoms with Crippen LogP contribution in [0.25, 0.3) is 10.7 Å². The average Bonchev–Trinajstić information content (AvgIpc) is 3.47. The van der Waals surface area contributed by atoms with Crippen LogP contribution in [-0.2, 0) is 4.74 Å². The first-order valence-electron chi connectivity index (χ1n) is 9.46. The number of alkyl halides is 2. The summed E-state index contributed by atoms with van der Waals surface area (Å²) in [6.07, 6.45) is 4.87. The van der Waals surface area contributed by atoms with Gasteiger partial charge in [-0.2, -0.15) is 8.78 Å². The van der Waals surface area contributed by atoms with Crippen molar-refractivity contribution < 1.29 is 18.3 Å². The second-order valence-corrected chi connectivity index (χ2v) is 8.83. The van der Waals surface area contributed by atoms with Crippen LogP contribution in [0.4, 0.5) is 13.9 Å². The normalized spacial score (nSPS) is 16.3. The van der Waals surface area contributed by atoms with E-state index in [1.807, 2.05) is 18.2 Å². The van der Waals surface area contributed by atoms with E-state index in [2.05, 4.69) is 15.3 Å². The molecule has 6 nitrogen and oxygen atoms in total. The van der Waals surface area contributed by atoms with E-state index in [4.69, 9.17) is 4.74 Å². The first-order valence-corrected chi connectivity index (χ1v) is 11.3. The molecule has 10 heteroatoms. The Hall–Kier alpha value is -2.30. The fraction of sp³-hybridized carbons (Fsp3) is 0.350. The fourth-order valence-electron chi connectivity index (χ4n) is 3.21. The van der Waals surface area contributed by atoms with Crippen molar-refractivity contribution in [3.8, 4) is 10.7 Å². The lowest BCUT2D eigenvalue weighted by molar-refractivity contribution is 0.0720. The Morgan fingerprint density at radius 2 is 2.27 bits per heavy atom. The minimum absolute atomic E-state index is 0.132. The molecule has 1 unspecified atom stereocenters. The van der Waals surface area contributed by atoms with Gasteiger partial charge in [0.1, 0.15) is 0 Å². The van der Waals surface area contributed by atoms with Crippen LogP contribution in [0.5, 0.6) is 0 Å². The molecule has 0 saturated carbocycles. The number of aromatic nitrogens is 3. The summed E-state index contributed by atoms with van der Waals surface area (Å²) in [6, 6.07) is 7.37. The number of hydrogen-bond acceptors (Lipinski definition) is 6. The summed E-state index contributed by atoms with van der Waals surface area (Å²) in [6.45, 7) is -0.199. The van der Waals surface area contributed by atoms with E-state index in [9.17, 15) is 13.6 Å². The number of thiazole rings is 1. The Morgan fingerprint density at radius 1 is 1.43 bits per heavy atom. The number of aryl methyl sites for hydroxylation is 1. The van der Waals surface area contributed by atoms with Gasteiger partial charge in [0.2, 0.25) is 0 Å². The van der Waals surface area contributed by atoms with Gasteiger partial charge < -0.3 is 4.74 Å². The molecule has 0 bridgehead atoms. The van der Waals surface area contributed by atoms with Crippen LogP contribution < -0.4 is 5.32 Å². The molecule has 3 heterocycles. The van der Waals surface area contributed by atoms with Gasteiger partial charge in [0.05, 0.1) is 22.2 Å². The molecular weight excluding hydrogens is 430 g/mol. The Labute approximate surface area is 180 Å². The topological polar surface area (TPSA) is 69.0 Å². The number of halogens is 2. The number of amides is 1. The van der Waals surface area contributed by atoms with Crippen LogP contribution in [0.15, 0.2) is 41.6 Å². The Morgan fingerprint density at radius 3 is 3.03 bits per heavy atom. The molecular formula is C20H20F2N4O2S2. The highest BCUT2D eigenvalue weighted by Gasteiger charge is 2.21. The number of anilines is 1. The van der Waals surface area contributed by atoms with Crippen molar-refractivity contribution >= 4 is 34.1 Å². The monoisotopic (exact) mass is 450 g/mol. The van der Waals surface area contributed by atoms with E-state index >= 15 is 0 Å². The van der Waals surface area contributed by atoms with Gasteiger partial charge in [-0.25, -0.2) is 9.97 Å². The predicted octanol–water partition coefficient (Wildman–Crippen LogP) is 5.23. The van der Waals surface area contributed by atoms with Crippen LogP contribution in [0.3, 0.4) is 0 Å². The number of rotatable bonds is 7. The van der Waals surface area contributed by atoms with Crippen molar-refractivity contribution in [3.05, 3.63) is 47.9 Å². The zero-order valence-corrected chi connectivity index (χ0v) is 17.8. The van der Waals surface area contributed by atoms with Gasteiger partial charge in [-0.05, 0) is 31.9 Å². The molecule has 1 aliphatic rings. The van der Waals surface area contributed by atoms with Gasteiger partial charge in [-0.1, -0.05) is 23.5 Å². The van der Waals surface area contributed by atoms with Crippen molar-refractivity contribution in [1.29, 1.82) is 0 Å². The summed E-state index contributed by atoms with van der Waals surface area (Å²) >= 11 is 2.72. The van der Waals surface area contributed by atoms with E-state index in [1.54, 1.807) is 24.8 Å². The summed E-state index contributed by atoms with van der Waals surface area (Å²) in [5, 5.41) is 3.14. The first-order chi connectivity index (χ1) is 14.5. The van der Waals surface area contributed by atoms with Crippen molar-refractivity contribution in [2.24, 2.45) is 0 Å². The van der Waals surface area contributed by atoms with Crippen LogP contribution in [-0.4, -0.2) is 38.9 Å². The fourth-order valence-corrected chi connectivity index (χ4v) is 5.29. The van der Waals surface area contributed by atoms with Crippen molar-refractivity contribution in [3.63, 3.8) is 0 Å². The number of ether oxygens (including phenoxy) is 1. The second kappa shape index (κ2) is 9.23. The summed E-state index contributed by atoms with van der Waals surface area (Å²) in [7, 11) is 0. The lowest BCUT2D eigenvalue weighted by atomic mass is 10.2. The van der Waals surface area contributed by atoms with Crippen LogP contribution in [0.2, 0.25) is 0 Å². The number of carbonyl (C=O) groups excluding carboxylic acids is 1. The Bertz CT molecular complexity index is 1030. The van der Waals surface area contributed by atoms with E-state index in [0.29, 0.717) is 21.3 Å². The molecule has 0 radical (unpaired) electrons. The van der Waals surface area contributed by atoms with E-state index in [0.717, 1.165) is 46.0 Å². The molecule has 1 N–H and O–H groups in total. The molecule has 1 amide bonds. The van der Waals surface area contributed by atoms with Crippen LogP contribution in [0, 0.1) is 6.92 Å². The maximum Gasteiger partial charge on any atom is 0.320 e. The molecule has 0 spiro atoms. The number of thioether (sulfide) groups is 1. The molecule has 1 fully saturated rings. The third-order valence-electron chi connectivity index (χ3n) is 4.68. The standard InChI is InChI=1S/C20H20F2N4O2S2/c1-12-16(17-23-8-9-26(17)19(21)22)30-20(24-12)25-18(27)14-6-2-3-7-15(14)29-11-13-5-4-10-28-13/h2-3,6-9,13,19H,4-5,10-11H2,1H3,(H,24,25,27). The van der Waals surface area contributed by atoms with E-state index in [-0.39, 0.29) is 17.8 Å². The average molecular weight is 451 g/mol.